The summed E-state index contributed by atoms with van der Waals surface area (Å²) in [5, 5.41) is 7.78. The van der Waals surface area contributed by atoms with Crippen LogP contribution in [0.25, 0.3) is 10.9 Å². The Hall–Kier alpha value is -1.81. The van der Waals surface area contributed by atoms with Crippen LogP contribution in [0.2, 0.25) is 0 Å². The summed E-state index contributed by atoms with van der Waals surface area (Å²) in [6, 6.07) is 8.58. The van der Waals surface area contributed by atoms with E-state index in [2.05, 4.69) is 27.8 Å². The molecule has 0 radical (unpaired) electrons. The minimum atomic E-state index is 0.173. The van der Waals surface area contributed by atoms with E-state index in [4.69, 9.17) is 0 Å². The lowest BCUT2D eigenvalue weighted by molar-refractivity contribution is -0.121. The molecule has 0 aliphatic carbocycles. The first-order valence-corrected chi connectivity index (χ1v) is 7.88. The van der Waals surface area contributed by atoms with Gasteiger partial charge in [-0.3, -0.25) is 4.79 Å². The third-order valence-electron chi connectivity index (χ3n) is 4.24. The molecule has 21 heavy (non-hydrogen) atoms. The van der Waals surface area contributed by atoms with Crippen LogP contribution >= 0.6 is 0 Å². The Kier molecular flexibility index (Phi) is 4.55. The predicted octanol–water partition coefficient (Wildman–Crippen LogP) is 2.36. The Morgan fingerprint density at radius 2 is 2.14 bits per heavy atom. The normalized spacial score (nSPS) is 19.3. The van der Waals surface area contributed by atoms with Crippen LogP contribution in [0.15, 0.2) is 30.5 Å². The van der Waals surface area contributed by atoms with Gasteiger partial charge in [-0.05, 0) is 50.4 Å². The van der Waals surface area contributed by atoms with Gasteiger partial charge in [0, 0.05) is 29.6 Å². The molecule has 112 valence electrons. The molecule has 3 rings (SSSR count). The van der Waals surface area contributed by atoms with Crippen molar-refractivity contribution < 1.29 is 4.79 Å². The Morgan fingerprint density at radius 3 is 3.10 bits per heavy atom. The number of fused-ring (bicyclic) bond motifs is 1. The van der Waals surface area contributed by atoms with E-state index in [0.29, 0.717) is 12.5 Å². The van der Waals surface area contributed by atoms with Crippen LogP contribution in [0, 0.1) is 0 Å². The van der Waals surface area contributed by atoms with Gasteiger partial charge in [0.1, 0.15) is 0 Å². The van der Waals surface area contributed by atoms with Gasteiger partial charge >= 0.3 is 0 Å². The number of hydrogen-bond acceptors (Lipinski definition) is 2. The number of aromatic amines is 1. The van der Waals surface area contributed by atoms with Crippen molar-refractivity contribution in [3.63, 3.8) is 0 Å². The highest BCUT2D eigenvalue weighted by Crippen LogP contribution is 2.19. The summed E-state index contributed by atoms with van der Waals surface area (Å²) in [5.74, 6) is 0.173. The van der Waals surface area contributed by atoms with Gasteiger partial charge in [-0.25, -0.2) is 0 Å². The fraction of sp³-hybridized carbons (Fsp3) is 0.471. The van der Waals surface area contributed by atoms with Crippen LogP contribution in [-0.2, 0) is 11.2 Å². The topological polar surface area (TPSA) is 56.9 Å². The number of nitrogens with one attached hydrogen (secondary N) is 3. The molecule has 0 saturated carbocycles. The third kappa shape index (κ3) is 3.64. The molecule has 0 spiro atoms. The van der Waals surface area contributed by atoms with Gasteiger partial charge in [0.25, 0.3) is 0 Å². The highest BCUT2D eigenvalue weighted by Gasteiger charge is 2.14. The van der Waals surface area contributed by atoms with Crippen molar-refractivity contribution in [2.24, 2.45) is 0 Å². The molecule has 1 unspecified atom stereocenters. The Labute approximate surface area is 125 Å². The first-order chi connectivity index (χ1) is 10.3. The largest absolute Gasteiger partial charge is 0.361 e. The summed E-state index contributed by atoms with van der Waals surface area (Å²) < 4.78 is 0. The molecule has 1 aromatic carbocycles. The van der Waals surface area contributed by atoms with Gasteiger partial charge in [-0.15, -0.1) is 0 Å². The number of benzene rings is 1. The number of carbonyl (C=O) groups is 1. The highest BCUT2D eigenvalue weighted by molar-refractivity contribution is 5.84. The van der Waals surface area contributed by atoms with Crippen molar-refractivity contribution in [3.8, 4) is 0 Å². The Morgan fingerprint density at radius 1 is 1.24 bits per heavy atom. The standard InChI is InChI=1S/C17H23N3O/c21-17(20-14-4-3-10-18-11-9-14)8-7-13-12-19-16-6-2-1-5-15(13)16/h1-2,5-6,12,14,18-19H,3-4,7-11H2,(H,20,21). The third-order valence-corrected chi connectivity index (χ3v) is 4.24. The fourth-order valence-electron chi connectivity index (χ4n) is 3.05. The average Bonchev–Trinajstić information content (AvgIpc) is 2.74. The zero-order chi connectivity index (χ0) is 14.5. The van der Waals surface area contributed by atoms with E-state index in [1.807, 2.05) is 18.3 Å². The van der Waals surface area contributed by atoms with Crippen molar-refractivity contribution in [1.29, 1.82) is 0 Å². The molecule has 2 heterocycles. The van der Waals surface area contributed by atoms with E-state index in [1.54, 1.807) is 0 Å². The summed E-state index contributed by atoms with van der Waals surface area (Å²) in [7, 11) is 0. The van der Waals surface area contributed by atoms with Gasteiger partial charge in [0.05, 0.1) is 0 Å². The van der Waals surface area contributed by atoms with Crippen LogP contribution in [0.1, 0.15) is 31.2 Å². The molecule has 1 aliphatic rings. The van der Waals surface area contributed by atoms with Crippen molar-refractivity contribution in [2.75, 3.05) is 13.1 Å². The summed E-state index contributed by atoms with van der Waals surface area (Å²) >= 11 is 0. The summed E-state index contributed by atoms with van der Waals surface area (Å²) in [4.78, 5) is 15.4. The SMILES string of the molecule is O=C(CCc1c[nH]c2ccccc12)NC1CCCNCC1. The lowest BCUT2D eigenvalue weighted by atomic mass is 10.1. The van der Waals surface area contributed by atoms with Crippen LogP contribution in [-0.4, -0.2) is 30.0 Å². The zero-order valence-corrected chi connectivity index (χ0v) is 12.3. The van der Waals surface area contributed by atoms with Gasteiger partial charge < -0.3 is 15.6 Å². The van der Waals surface area contributed by atoms with Crippen molar-refractivity contribution >= 4 is 16.8 Å². The average molecular weight is 285 g/mol. The maximum Gasteiger partial charge on any atom is 0.220 e. The molecule has 1 aliphatic heterocycles. The van der Waals surface area contributed by atoms with E-state index < -0.39 is 0 Å². The number of amides is 1. The van der Waals surface area contributed by atoms with Crippen molar-refractivity contribution in [2.45, 2.75) is 38.1 Å². The molecular formula is C17H23N3O. The molecule has 1 amide bonds. The van der Waals surface area contributed by atoms with Crippen LogP contribution in [0.3, 0.4) is 0 Å². The maximum absolute atomic E-state index is 12.1. The molecule has 4 heteroatoms. The van der Waals surface area contributed by atoms with Gasteiger partial charge in [-0.1, -0.05) is 18.2 Å². The number of para-hydroxylation sites is 1. The van der Waals surface area contributed by atoms with E-state index in [0.717, 1.165) is 44.3 Å². The second kappa shape index (κ2) is 6.76. The lowest BCUT2D eigenvalue weighted by Gasteiger charge is -2.15. The molecule has 0 bridgehead atoms. The summed E-state index contributed by atoms with van der Waals surface area (Å²) in [5.41, 5.74) is 2.37. The minimum absolute atomic E-state index is 0.173. The molecule has 1 fully saturated rings. The molecule has 2 aromatic rings. The van der Waals surface area contributed by atoms with E-state index in [1.165, 1.54) is 10.9 Å². The Balaban J connectivity index is 1.53. The van der Waals surface area contributed by atoms with Gasteiger partial charge in [0.15, 0.2) is 0 Å². The smallest absolute Gasteiger partial charge is 0.220 e. The highest BCUT2D eigenvalue weighted by atomic mass is 16.1. The number of aryl methyl sites for hydroxylation is 1. The second-order valence-electron chi connectivity index (χ2n) is 5.80. The molecular weight excluding hydrogens is 262 g/mol. The molecule has 3 N–H and O–H groups in total. The number of carbonyl (C=O) groups excluding carboxylic acids is 1. The molecule has 4 nitrogen and oxygen atoms in total. The number of rotatable bonds is 4. The molecule has 1 atom stereocenters. The quantitative estimate of drug-likeness (QED) is 0.807. The first-order valence-electron chi connectivity index (χ1n) is 7.88. The van der Waals surface area contributed by atoms with Crippen LogP contribution in [0.5, 0.6) is 0 Å². The van der Waals surface area contributed by atoms with Crippen molar-refractivity contribution in [1.82, 2.24) is 15.6 Å². The first kappa shape index (κ1) is 14.1. The predicted molar refractivity (Wildman–Crippen MR) is 85.3 cm³/mol. The minimum Gasteiger partial charge on any atom is -0.361 e. The number of aromatic nitrogens is 1. The Bertz CT molecular complexity index is 597. The van der Waals surface area contributed by atoms with Gasteiger partial charge in [0.2, 0.25) is 5.91 Å². The maximum atomic E-state index is 12.1. The van der Waals surface area contributed by atoms with Crippen LogP contribution in [0.4, 0.5) is 0 Å². The van der Waals surface area contributed by atoms with Gasteiger partial charge in [-0.2, -0.15) is 0 Å². The van der Waals surface area contributed by atoms with E-state index in [-0.39, 0.29) is 5.91 Å². The van der Waals surface area contributed by atoms with Crippen LogP contribution < -0.4 is 10.6 Å². The van der Waals surface area contributed by atoms with E-state index in [9.17, 15) is 4.79 Å². The zero-order valence-electron chi connectivity index (χ0n) is 12.3. The lowest BCUT2D eigenvalue weighted by Crippen LogP contribution is -2.35. The van der Waals surface area contributed by atoms with E-state index >= 15 is 0 Å². The molecule has 1 aromatic heterocycles. The monoisotopic (exact) mass is 285 g/mol. The number of hydrogen-bond donors (Lipinski definition) is 3. The second-order valence-corrected chi connectivity index (χ2v) is 5.80. The fourth-order valence-corrected chi connectivity index (χ4v) is 3.05. The summed E-state index contributed by atoms with van der Waals surface area (Å²) in [6.07, 6.45) is 6.65. The van der Waals surface area contributed by atoms with Crippen molar-refractivity contribution in [3.05, 3.63) is 36.0 Å². The number of H-pyrrole nitrogens is 1. The molecule has 1 saturated heterocycles. The summed E-state index contributed by atoms with van der Waals surface area (Å²) in [6.45, 7) is 2.08.